The standard InChI is InChI=1S/C16H13F3O3/c17-16(18,19)12-4-2-1-3-11(12)15(20)10-5-6-13-14(9-10)22-8-7-21-13/h1-6,9,15,20H,7-8H2. The minimum atomic E-state index is -4.52. The van der Waals surface area contributed by atoms with Crippen LogP contribution in [0, 0.1) is 0 Å². The lowest BCUT2D eigenvalue weighted by molar-refractivity contribution is -0.139. The minimum absolute atomic E-state index is 0.188. The monoisotopic (exact) mass is 310 g/mol. The van der Waals surface area contributed by atoms with E-state index in [1.807, 2.05) is 0 Å². The second kappa shape index (κ2) is 5.53. The van der Waals surface area contributed by atoms with Gasteiger partial charge in [-0.3, -0.25) is 0 Å². The second-order valence-electron chi connectivity index (χ2n) is 4.89. The number of aliphatic hydroxyl groups is 1. The number of benzene rings is 2. The van der Waals surface area contributed by atoms with E-state index in [9.17, 15) is 18.3 Å². The first kappa shape index (κ1) is 14.7. The SMILES string of the molecule is OC(c1ccc2c(c1)OCCO2)c1ccccc1C(F)(F)F. The predicted octanol–water partition coefficient (Wildman–Crippen LogP) is 3.56. The molecule has 0 aliphatic carbocycles. The summed E-state index contributed by atoms with van der Waals surface area (Å²) in [4.78, 5) is 0. The van der Waals surface area contributed by atoms with Crippen molar-refractivity contribution >= 4 is 0 Å². The van der Waals surface area contributed by atoms with Crippen LogP contribution in [0.25, 0.3) is 0 Å². The van der Waals surface area contributed by atoms with Crippen LogP contribution in [0.5, 0.6) is 11.5 Å². The molecular formula is C16H13F3O3. The van der Waals surface area contributed by atoms with Gasteiger partial charge in [0.15, 0.2) is 11.5 Å². The highest BCUT2D eigenvalue weighted by atomic mass is 19.4. The largest absolute Gasteiger partial charge is 0.486 e. The molecule has 1 aliphatic heterocycles. The first-order valence-electron chi connectivity index (χ1n) is 6.70. The Morgan fingerprint density at radius 3 is 2.36 bits per heavy atom. The molecule has 1 unspecified atom stereocenters. The van der Waals surface area contributed by atoms with Crippen LogP contribution >= 0.6 is 0 Å². The van der Waals surface area contributed by atoms with E-state index in [2.05, 4.69) is 0 Å². The summed E-state index contributed by atoms with van der Waals surface area (Å²) in [6.07, 6.45) is -5.92. The first-order chi connectivity index (χ1) is 10.5. The zero-order valence-corrected chi connectivity index (χ0v) is 11.4. The Hall–Kier alpha value is -2.21. The van der Waals surface area contributed by atoms with Gasteiger partial charge in [0, 0.05) is 0 Å². The van der Waals surface area contributed by atoms with E-state index in [1.54, 1.807) is 6.07 Å². The van der Waals surface area contributed by atoms with Crippen molar-refractivity contribution < 1.29 is 27.8 Å². The molecule has 6 heteroatoms. The van der Waals surface area contributed by atoms with Crippen LogP contribution in [0.2, 0.25) is 0 Å². The normalized spacial score (nSPS) is 15.5. The van der Waals surface area contributed by atoms with Gasteiger partial charge in [-0.15, -0.1) is 0 Å². The molecule has 3 rings (SSSR count). The summed E-state index contributed by atoms with van der Waals surface area (Å²) in [6.45, 7) is 0.789. The molecule has 1 atom stereocenters. The van der Waals surface area contributed by atoms with Crippen molar-refractivity contribution in [2.75, 3.05) is 13.2 Å². The Labute approximate surface area is 124 Å². The minimum Gasteiger partial charge on any atom is -0.486 e. The average Bonchev–Trinajstić information content (AvgIpc) is 2.53. The summed E-state index contributed by atoms with van der Waals surface area (Å²) in [6, 6.07) is 9.61. The Morgan fingerprint density at radius 2 is 1.64 bits per heavy atom. The van der Waals surface area contributed by atoms with Crippen molar-refractivity contribution in [2.45, 2.75) is 12.3 Å². The van der Waals surface area contributed by atoms with Gasteiger partial charge in [-0.25, -0.2) is 0 Å². The number of hydrogen-bond acceptors (Lipinski definition) is 3. The molecule has 1 N–H and O–H groups in total. The molecule has 0 saturated heterocycles. The lowest BCUT2D eigenvalue weighted by Gasteiger charge is -2.21. The molecular weight excluding hydrogens is 297 g/mol. The Balaban J connectivity index is 2.00. The molecule has 2 aromatic rings. The van der Waals surface area contributed by atoms with Crippen LogP contribution < -0.4 is 9.47 Å². The van der Waals surface area contributed by atoms with Crippen molar-refractivity contribution in [3.05, 3.63) is 59.2 Å². The van der Waals surface area contributed by atoms with Gasteiger partial charge in [0.2, 0.25) is 0 Å². The molecule has 22 heavy (non-hydrogen) atoms. The van der Waals surface area contributed by atoms with Gasteiger partial charge in [-0.05, 0) is 29.3 Å². The van der Waals surface area contributed by atoms with Gasteiger partial charge in [0.1, 0.15) is 19.3 Å². The Morgan fingerprint density at radius 1 is 0.955 bits per heavy atom. The Bertz CT molecular complexity index is 683. The van der Waals surface area contributed by atoms with Crippen LogP contribution in [-0.4, -0.2) is 18.3 Å². The molecule has 0 spiro atoms. The van der Waals surface area contributed by atoms with Crippen molar-refractivity contribution in [1.82, 2.24) is 0 Å². The molecule has 1 aliphatic rings. The number of ether oxygens (including phenoxy) is 2. The molecule has 3 nitrogen and oxygen atoms in total. The number of hydrogen-bond donors (Lipinski definition) is 1. The lowest BCUT2D eigenvalue weighted by Crippen LogP contribution is -2.16. The van der Waals surface area contributed by atoms with Crippen molar-refractivity contribution in [3.63, 3.8) is 0 Å². The zero-order chi connectivity index (χ0) is 15.7. The molecule has 1 heterocycles. The molecule has 0 bridgehead atoms. The highest BCUT2D eigenvalue weighted by molar-refractivity contribution is 5.47. The van der Waals surface area contributed by atoms with E-state index in [4.69, 9.17) is 9.47 Å². The molecule has 0 amide bonds. The lowest BCUT2D eigenvalue weighted by atomic mass is 9.96. The second-order valence-corrected chi connectivity index (χ2v) is 4.89. The Kier molecular flexibility index (Phi) is 3.70. The molecule has 2 aromatic carbocycles. The van der Waals surface area contributed by atoms with E-state index in [-0.39, 0.29) is 5.56 Å². The summed E-state index contributed by atoms with van der Waals surface area (Å²) in [5.74, 6) is 0.943. The topological polar surface area (TPSA) is 38.7 Å². The van der Waals surface area contributed by atoms with Crippen LogP contribution in [0.3, 0.4) is 0 Å². The number of fused-ring (bicyclic) bond motifs is 1. The van der Waals surface area contributed by atoms with Crippen LogP contribution in [0.4, 0.5) is 13.2 Å². The van der Waals surface area contributed by atoms with Crippen LogP contribution in [0.1, 0.15) is 22.8 Å². The molecule has 0 aromatic heterocycles. The molecule has 0 fully saturated rings. The summed E-state index contributed by atoms with van der Waals surface area (Å²) in [5, 5.41) is 10.3. The number of halogens is 3. The van der Waals surface area contributed by atoms with Crippen molar-refractivity contribution in [2.24, 2.45) is 0 Å². The first-order valence-corrected chi connectivity index (χ1v) is 6.70. The smallest absolute Gasteiger partial charge is 0.416 e. The number of rotatable bonds is 2. The summed E-state index contributed by atoms with van der Waals surface area (Å²) >= 11 is 0. The summed E-state index contributed by atoms with van der Waals surface area (Å²) in [7, 11) is 0. The van der Waals surface area contributed by atoms with Gasteiger partial charge in [0.25, 0.3) is 0 Å². The van der Waals surface area contributed by atoms with Crippen LogP contribution in [-0.2, 0) is 6.18 Å². The maximum Gasteiger partial charge on any atom is 0.416 e. The molecule has 0 saturated carbocycles. The fourth-order valence-electron chi connectivity index (χ4n) is 2.40. The maximum absolute atomic E-state index is 13.0. The fraction of sp³-hybridized carbons (Fsp3) is 0.250. The van der Waals surface area contributed by atoms with Crippen molar-refractivity contribution in [1.29, 1.82) is 0 Å². The third kappa shape index (κ3) is 2.74. The number of aliphatic hydroxyl groups excluding tert-OH is 1. The maximum atomic E-state index is 13.0. The van der Waals surface area contributed by atoms with Gasteiger partial charge in [0.05, 0.1) is 5.56 Å². The van der Waals surface area contributed by atoms with Gasteiger partial charge >= 0.3 is 6.18 Å². The van der Waals surface area contributed by atoms with Gasteiger partial charge in [-0.2, -0.15) is 13.2 Å². The van der Waals surface area contributed by atoms with E-state index in [1.165, 1.54) is 30.3 Å². The van der Waals surface area contributed by atoms with Gasteiger partial charge in [-0.1, -0.05) is 24.3 Å². The predicted molar refractivity (Wildman–Crippen MR) is 72.9 cm³/mol. The van der Waals surface area contributed by atoms with Crippen molar-refractivity contribution in [3.8, 4) is 11.5 Å². The summed E-state index contributed by atoms with van der Waals surface area (Å²) in [5.41, 5.74) is -0.718. The highest BCUT2D eigenvalue weighted by Crippen LogP contribution is 2.39. The average molecular weight is 310 g/mol. The van der Waals surface area contributed by atoms with E-state index >= 15 is 0 Å². The zero-order valence-electron chi connectivity index (χ0n) is 11.4. The van der Waals surface area contributed by atoms with E-state index in [0.29, 0.717) is 30.3 Å². The van der Waals surface area contributed by atoms with Gasteiger partial charge < -0.3 is 14.6 Å². The van der Waals surface area contributed by atoms with E-state index < -0.39 is 17.8 Å². The molecule has 0 radical (unpaired) electrons. The third-order valence-electron chi connectivity index (χ3n) is 3.44. The fourth-order valence-corrected chi connectivity index (χ4v) is 2.40. The molecule has 116 valence electrons. The number of alkyl halides is 3. The van der Waals surface area contributed by atoms with Crippen LogP contribution in [0.15, 0.2) is 42.5 Å². The quantitative estimate of drug-likeness (QED) is 0.922. The summed E-state index contributed by atoms with van der Waals surface area (Å²) < 4.78 is 49.9. The third-order valence-corrected chi connectivity index (χ3v) is 3.44. The highest BCUT2D eigenvalue weighted by Gasteiger charge is 2.35. The van der Waals surface area contributed by atoms with E-state index in [0.717, 1.165) is 6.07 Å².